The molecule has 0 amide bonds. The number of aliphatic carboxylic acids is 1. The quantitative estimate of drug-likeness (QED) is 0.294. The fourth-order valence-electron chi connectivity index (χ4n) is 2.90. The molecule has 14 heteroatoms. The third-order valence-corrected chi connectivity index (χ3v) is 6.21. The molecule has 0 bridgehead atoms. The topological polar surface area (TPSA) is 189 Å². The summed E-state index contributed by atoms with van der Waals surface area (Å²) in [5.74, 6) is -1.18. The highest BCUT2D eigenvalue weighted by Crippen LogP contribution is 2.45. The second-order valence-electron chi connectivity index (χ2n) is 6.95. The molecule has 1 unspecified atom stereocenters. The molecule has 3 rings (SSSR count). The van der Waals surface area contributed by atoms with E-state index < -0.39 is 62.2 Å². The van der Waals surface area contributed by atoms with Crippen LogP contribution in [0.1, 0.15) is 13.2 Å². The maximum absolute atomic E-state index is 13.2. The van der Waals surface area contributed by atoms with Crippen LogP contribution in [0, 0.1) is 0 Å². The summed E-state index contributed by atoms with van der Waals surface area (Å²) >= 11 is 0. The van der Waals surface area contributed by atoms with Gasteiger partial charge in [0, 0.05) is 12.3 Å². The Bertz CT molecular complexity index is 1100. The predicted octanol–water partition coefficient (Wildman–Crippen LogP) is -0.578. The number of aromatic amines is 1. The fourth-order valence-corrected chi connectivity index (χ4v) is 4.41. The van der Waals surface area contributed by atoms with Gasteiger partial charge in [-0.05, 0) is 19.1 Å². The van der Waals surface area contributed by atoms with E-state index in [2.05, 4.69) is 5.09 Å². The first-order chi connectivity index (χ1) is 15.1. The van der Waals surface area contributed by atoms with E-state index in [0.717, 1.165) is 16.8 Å². The Morgan fingerprint density at radius 2 is 1.94 bits per heavy atom. The van der Waals surface area contributed by atoms with Gasteiger partial charge in [0.1, 0.15) is 30.1 Å². The lowest BCUT2D eigenvalue weighted by Gasteiger charge is -2.24. The Morgan fingerprint density at radius 1 is 1.25 bits per heavy atom. The Morgan fingerprint density at radius 3 is 2.56 bits per heavy atom. The first kappa shape index (κ1) is 23.9. The monoisotopic (exact) mass is 471 g/mol. The van der Waals surface area contributed by atoms with Crippen LogP contribution >= 0.6 is 7.75 Å². The number of hydrogen-bond donors (Lipinski definition) is 5. The van der Waals surface area contributed by atoms with Crippen molar-refractivity contribution in [3.8, 4) is 5.75 Å². The number of ether oxygens (including phenoxy) is 1. The molecule has 1 saturated heterocycles. The highest BCUT2D eigenvalue weighted by Gasteiger charge is 2.45. The minimum Gasteiger partial charge on any atom is -0.480 e. The van der Waals surface area contributed by atoms with Gasteiger partial charge in [0.2, 0.25) is 0 Å². The second-order valence-corrected chi connectivity index (χ2v) is 8.64. The first-order valence-electron chi connectivity index (χ1n) is 9.42. The summed E-state index contributed by atoms with van der Waals surface area (Å²) in [6.07, 6.45) is -4.66. The predicted molar refractivity (Wildman–Crippen MR) is 108 cm³/mol. The lowest BCUT2D eigenvalue weighted by molar-refractivity contribution is -0.138. The molecule has 1 aliphatic heterocycles. The zero-order chi connectivity index (χ0) is 23.5. The number of rotatable bonds is 9. The van der Waals surface area contributed by atoms with Gasteiger partial charge in [-0.1, -0.05) is 18.2 Å². The van der Waals surface area contributed by atoms with Crippen molar-refractivity contribution in [1.82, 2.24) is 14.6 Å². The van der Waals surface area contributed by atoms with Crippen molar-refractivity contribution in [1.29, 1.82) is 0 Å². The van der Waals surface area contributed by atoms with Crippen molar-refractivity contribution in [2.45, 2.75) is 37.5 Å². The molecule has 0 spiro atoms. The number of H-pyrrole nitrogens is 1. The van der Waals surface area contributed by atoms with Gasteiger partial charge in [0.05, 0.1) is 6.61 Å². The highest BCUT2D eigenvalue weighted by molar-refractivity contribution is 7.52. The van der Waals surface area contributed by atoms with Crippen LogP contribution in [0.15, 0.2) is 52.2 Å². The lowest BCUT2D eigenvalue weighted by atomic mass is 10.1. The molecule has 1 aliphatic rings. The SMILES string of the molecule is C[C@H](NP(=O)(OC[C@H]1O[C@@H](n2ccc(=O)[nH]c2=O)[C@H](O)[C@@H]1O)Oc1ccccc1)C(=O)O. The normalized spacial score (nSPS) is 25.7. The number of benzene rings is 1. The van der Waals surface area contributed by atoms with Crippen LogP contribution in [-0.4, -0.2) is 61.8 Å². The zero-order valence-electron chi connectivity index (χ0n) is 16.7. The second kappa shape index (κ2) is 9.77. The molecular weight excluding hydrogens is 449 g/mol. The number of carboxylic acid groups (broad SMARTS) is 1. The van der Waals surface area contributed by atoms with Crippen LogP contribution in [0.5, 0.6) is 5.75 Å². The third-order valence-electron chi connectivity index (χ3n) is 4.56. The Labute approximate surface area is 180 Å². The van der Waals surface area contributed by atoms with Gasteiger partial charge in [0.25, 0.3) is 5.56 Å². The van der Waals surface area contributed by atoms with Crippen molar-refractivity contribution in [3.63, 3.8) is 0 Å². The number of carbonyl (C=O) groups is 1. The number of nitrogens with one attached hydrogen (secondary N) is 2. The van der Waals surface area contributed by atoms with E-state index in [4.69, 9.17) is 18.9 Å². The van der Waals surface area contributed by atoms with E-state index in [0.29, 0.717) is 0 Å². The van der Waals surface area contributed by atoms with Crippen LogP contribution in [0.2, 0.25) is 0 Å². The molecular formula is C18H22N3O10P. The van der Waals surface area contributed by atoms with Crippen molar-refractivity contribution in [2.75, 3.05) is 6.61 Å². The van der Waals surface area contributed by atoms with Crippen LogP contribution < -0.4 is 20.9 Å². The van der Waals surface area contributed by atoms with Crippen molar-refractivity contribution >= 4 is 13.7 Å². The molecule has 5 N–H and O–H groups in total. The summed E-state index contributed by atoms with van der Waals surface area (Å²) in [5.41, 5.74) is -1.53. The first-order valence-corrected chi connectivity index (χ1v) is 11.0. The van der Waals surface area contributed by atoms with E-state index in [1.807, 2.05) is 4.98 Å². The number of aromatic nitrogens is 2. The molecule has 1 aromatic carbocycles. The zero-order valence-corrected chi connectivity index (χ0v) is 17.6. The minimum absolute atomic E-state index is 0.131. The third kappa shape index (κ3) is 5.51. The molecule has 174 valence electrons. The molecule has 0 aliphatic carbocycles. The lowest BCUT2D eigenvalue weighted by Crippen LogP contribution is -2.38. The summed E-state index contributed by atoms with van der Waals surface area (Å²) < 4.78 is 30.2. The standard InChI is InChI=1S/C18H22N3O10P/c1-10(17(25)26)20-32(28,31-11-5-3-2-4-6-11)29-9-12-14(23)15(24)16(30-12)21-8-7-13(22)19-18(21)27/h2-8,10,12,14-16,23-24H,9H2,1H3,(H,20,28)(H,25,26)(H,19,22,27)/t10-,12+,14+,15+,16+,32?/m0/s1. The van der Waals surface area contributed by atoms with E-state index in [-0.39, 0.29) is 5.75 Å². The van der Waals surface area contributed by atoms with Gasteiger partial charge in [-0.2, -0.15) is 5.09 Å². The number of aliphatic hydroxyl groups is 2. The van der Waals surface area contributed by atoms with E-state index in [1.165, 1.54) is 19.1 Å². The summed E-state index contributed by atoms with van der Waals surface area (Å²) in [5, 5.41) is 32.0. The van der Waals surface area contributed by atoms with Gasteiger partial charge in [-0.25, -0.2) is 9.36 Å². The maximum atomic E-state index is 13.2. The molecule has 32 heavy (non-hydrogen) atoms. The van der Waals surface area contributed by atoms with Gasteiger partial charge in [-0.15, -0.1) is 0 Å². The number of carboxylic acids is 1. The number of hydrogen-bond acceptors (Lipinski definition) is 9. The highest BCUT2D eigenvalue weighted by atomic mass is 31.2. The summed E-state index contributed by atoms with van der Waals surface area (Å²) in [6, 6.07) is 7.58. The number of nitrogens with zero attached hydrogens (tertiary/aromatic N) is 1. The molecule has 2 heterocycles. The Kier molecular flexibility index (Phi) is 7.29. The summed E-state index contributed by atoms with van der Waals surface area (Å²) in [7, 11) is -4.28. The van der Waals surface area contributed by atoms with Gasteiger partial charge >= 0.3 is 19.4 Å². The van der Waals surface area contributed by atoms with Crippen molar-refractivity contribution < 1.29 is 38.5 Å². The Hall–Kier alpha value is -2.80. The molecule has 0 radical (unpaired) electrons. The molecule has 1 fully saturated rings. The van der Waals surface area contributed by atoms with Crippen LogP contribution in [-0.2, 0) is 18.6 Å². The molecule has 13 nitrogen and oxygen atoms in total. The minimum atomic E-state index is -4.28. The van der Waals surface area contributed by atoms with E-state index in [1.54, 1.807) is 18.2 Å². The average molecular weight is 471 g/mol. The summed E-state index contributed by atoms with van der Waals surface area (Å²) in [4.78, 5) is 36.4. The molecule has 0 saturated carbocycles. The molecule has 6 atom stereocenters. The maximum Gasteiger partial charge on any atom is 0.459 e. The number of para-hydroxylation sites is 1. The smallest absolute Gasteiger partial charge is 0.459 e. The molecule has 1 aromatic heterocycles. The van der Waals surface area contributed by atoms with Crippen molar-refractivity contribution in [2.24, 2.45) is 0 Å². The van der Waals surface area contributed by atoms with E-state index in [9.17, 15) is 29.2 Å². The van der Waals surface area contributed by atoms with Gasteiger partial charge in [0.15, 0.2) is 6.23 Å². The van der Waals surface area contributed by atoms with Crippen LogP contribution in [0.25, 0.3) is 0 Å². The van der Waals surface area contributed by atoms with Crippen molar-refractivity contribution in [3.05, 3.63) is 63.4 Å². The largest absolute Gasteiger partial charge is 0.480 e. The molecule has 2 aromatic rings. The van der Waals surface area contributed by atoms with Gasteiger partial charge in [-0.3, -0.25) is 23.7 Å². The fraction of sp³-hybridized carbons (Fsp3) is 0.389. The number of aliphatic hydroxyl groups excluding tert-OH is 2. The van der Waals surface area contributed by atoms with Crippen LogP contribution in [0.4, 0.5) is 0 Å². The average Bonchev–Trinajstić information content (AvgIpc) is 3.01. The van der Waals surface area contributed by atoms with Gasteiger partial charge < -0.3 is 24.6 Å². The summed E-state index contributed by atoms with van der Waals surface area (Å²) in [6.45, 7) is 0.645. The Balaban J connectivity index is 1.76. The van der Waals surface area contributed by atoms with E-state index >= 15 is 0 Å². The van der Waals surface area contributed by atoms with Crippen LogP contribution in [0.3, 0.4) is 0 Å².